The average Bonchev–Trinajstić information content (AvgIpc) is 2.68. The van der Waals surface area contributed by atoms with E-state index in [1.54, 1.807) is 7.11 Å². The molecule has 2 N–H and O–H groups in total. The molecule has 0 spiro atoms. The van der Waals surface area contributed by atoms with Gasteiger partial charge in [0.25, 0.3) is 0 Å². The number of guanidine groups is 1. The molecule has 2 aliphatic rings. The van der Waals surface area contributed by atoms with E-state index >= 15 is 0 Å². The van der Waals surface area contributed by atoms with Gasteiger partial charge in [-0.15, -0.1) is 0 Å². The van der Waals surface area contributed by atoms with Crippen LogP contribution in [0.4, 0.5) is 0 Å². The average molecular weight is 370 g/mol. The lowest BCUT2D eigenvalue weighted by Gasteiger charge is -2.35. The molecule has 1 aliphatic heterocycles. The zero-order valence-electron chi connectivity index (χ0n) is 16.5. The first-order valence-corrected chi connectivity index (χ1v) is 9.97. The second-order valence-electron chi connectivity index (χ2n) is 7.14. The van der Waals surface area contributed by atoms with Gasteiger partial charge in [-0.3, -0.25) is 9.79 Å². The third-order valence-corrected chi connectivity index (χ3v) is 5.39. The monoisotopic (exact) mass is 369 g/mol. The standard InChI is InChI=1S/C19H35N3O4/c1-4-20-18(21-14-19(24-3)10-12-25-13-11-19)22-16-8-6-15(7-9-16)17(23)26-5-2/h15-16H,4-14H2,1-3H3,(H2,20,21,22). The third kappa shape index (κ3) is 6.13. The summed E-state index contributed by atoms with van der Waals surface area (Å²) in [5.74, 6) is 0.828. The number of rotatable bonds is 7. The van der Waals surface area contributed by atoms with Crippen molar-refractivity contribution < 1.29 is 19.0 Å². The Kier molecular flexibility index (Phi) is 8.65. The molecular weight excluding hydrogens is 334 g/mol. The van der Waals surface area contributed by atoms with Crippen LogP contribution >= 0.6 is 0 Å². The zero-order chi connectivity index (χ0) is 18.8. The Bertz CT molecular complexity index is 456. The van der Waals surface area contributed by atoms with Gasteiger partial charge in [0, 0.05) is 45.8 Å². The van der Waals surface area contributed by atoms with Crippen LogP contribution in [-0.4, -0.2) is 63.6 Å². The maximum Gasteiger partial charge on any atom is 0.308 e. The molecule has 7 heteroatoms. The second-order valence-corrected chi connectivity index (χ2v) is 7.14. The molecule has 26 heavy (non-hydrogen) atoms. The molecule has 0 radical (unpaired) electrons. The molecule has 2 rings (SSSR count). The Morgan fingerprint density at radius 1 is 1.19 bits per heavy atom. The van der Waals surface area contributed by atoms with Crippen LogP contribution in [-0.2, 0) is 19.0 Å². The normalized spacial score (nSPS) is 26.2. The number of hydrogen-bond donors (Lipinski definition) is 2. The fourth-order valence-corrected chi connectivity index (χ4v) is 3.64. The maximum atomic E-state index is 11.9. The van der Waals surface area contributed by atoms with E-state index in [0.29, 0.717) is 19.2 Å². The van der Waals surface area contributed by atoms with Crippen molar-refractivity contribution in [3.8, 4) is 0 Å². The Morgan fingerprint density at radius 2 is 1.88 bits per heavy atom. The Labute approximate surface area is 157 Å². The number of carbonyl (C=O) groups excluding carboxylic acids is 1. The highest BCUT2D eigenvalue weighted by atomic mass is 16.5. The number of nitrogens with zero attached hydrogens (tertiary/aromatic N) is 1. The number of esters is 1. The van der Waals surface area contributed by atoms with E-state index in [2.05, 4.69) is 17.6 Å². The molecule has 0 atom stereocenters. The first-order chi connectivity index (χ1) is 12.6. The number of ether oxygens (including phenoxy) is 3. The van der Waals surface area contributed by atoms with Crippen LogP contribution in [0.25, 0.3) is 0 Å². The molecule has 1 heterocycles. The minimum atomic E-state index is -0.220. The van der Waals surface area contributed by atoms with Crippen molar-refractivity contribution >= 4 is 11.9 Å². The zero-order valence-corrected chi connectivity index (χ0v) is 16.5. The van der Waals surface area contributed by atoms with E-state index < -0.39 is 0 Å². The molecule has 0 aromatic rings. The number of nitrogens with one attached hydrogen (secondary N) is 2. The van der Waals surface area contributed by atoms with Crippen LogP contribution in [0.1, 0.15) is 52.4 Å². The van der Waals surface area contributed by atoms with Gasteiger partial charge in [0.05, 0.1) is 24.7 Å². The van der Waals surface area contributed by atoms with E-state index in [1.165, 1.54) is 0 Å². The topological polar surface area (TPSA) is 81.2 Å². The first kappa shape index (κ1) is 21.0. The Balaban J connectivity index is 1.86. The van der Waals surface area contributed by atoms with E-state index in [4.69, 9.17) is 19.2 Å². The fourth-order valence-electron chi connectivity index (χ4n) is 3.64. The number of hydrogen-bond acceptors (Lipinski definition) is 5. The number of carbonyl (C=O) groups is 1. The van der Waals surface area contributed by atoms with Crippen LogP contribution in [0.5, 0.6) is 0 Å². The van der Waals surface area contributed by atoms with Crippen molar-refractivity contribution in [2.75, 3.05) is 40.0 Å². The van der Waals surface area contributed by atoms with Gasteiger partial charge in [-0.25, -0.2) is 0 Å². The summed E-state index contributed by atoms with van der Waals surface area (Å²) in [7, 11) is 1.76. The van der Waals surface area contributed by atoms with E-state index in [-0.39, 0.29) is 17.5 Å². The molecule has 0 aromatic heterocycles. The van der Waals surface area contributed by atoms with E-state index in [1.807, 2.05) is 6.92 Å². The molecule has 0 bridgehead atoms. The summed E-state index contributed by atoms with van der Waals surface area (Å²) in [4.78, 5) is 16.7. The minimum Gasteiger partial charge on any atom is -0.466 e. The first-order valence-electron chi connectivity index (χ1n) is 9.97. The summed E-state index contributed by atoms with van der Waals surface area (Å²) in [5, 5.41) is 6.85. The maximum absolute atomic E-state index is 11.9. The number of aliphatic imine (C=N–C) groups is 1. The molecule has 0 unspecified atom stereocenters. The molecule has 150 valence electrons. The van der Waals surface area contributed by atoms with Crippen molar-refractivity contribution in [1.29, 1.82) is 0 Å². The van der Waals surface area contributed by atoms with E-state index in [0.717, 1.165) is 64.2 Å². The van der Waals surface area contributed by atoms with Crippen molar-refractivity contribution in [3.05, 3.63) is 0 Å². The SMILES string of the molecule is CCNC(=NCC1(OC)CCOCC1)NC1CCC(C(=O)OCC)CC1. The summed E-state index contributed by atoms with van der Waals surface area (Å²) in [6.45, 7) is 7.27. The molecule has 0 aromatic carbocycles. The molecule has 7 nitrogen and oxygen atoms in total. The lowest BCUT2D eigenvalue weighted by molar-refractivity contribution is -0.149. The van der Waals surface area contributed by atoms with Crippen molar-refractivity contribution in [2.45, 2.75) is 64.0 Å². The highest BCUT2D eigenvalue weighted by Crippen LogP contribution is 2.26. The van der Waals surface area contributed by atoms with Gasteiger partial charge in [0.2, 0.25) is 0 Å². The van der Waals surface area contributed by atoms with Gasteiger partial charge in [-0.1, -0.05) is 0 Å². The van der Waals surface area contributed by atoms with Gasteiger partial charge in [0.1, 0.15) is 0 Å². The summed E-state index contributed by atoms with van der Waals surface area (Å²) in [6.07, 6.45) is 5.40. The quantitative estimate of drug-likeness (QED) is 0.405. The van der Waals surface area contributed by atoms with Crippen molar-refractivity contribution in [2.24, 2.45) is 10.9 Å². The van der Waals surface area contributed by atoms with Gasteiger partial charge >= 0.3 is 5.97 Å². The largest absolute Gasteiger partial charge is 0.466 e. The minimum absolute atomic E-state index is 0.0477. The van der Waals surface area contributed by atoms with Gasteiger partial charge < -0.3 is 24.8 Å². The molecule has 0 amide bonds. The highest BCUT2D eigenvalue weighted by molar-refractivity contribution is 5.80. The molecule has 1 saturated heterocycles. The predicted molar refractivity (Wildman–Crippen MR) is 101 cm³/mol. The Morgan fingerprint density at radius 3 is 2.46 bits per heavy atom. The summed E-state index contributed by atoms with van der Waals surface area (Å²) in [6, 6.07) is 0.340. The van der Waals surface area contributed by atoms with Crippen LogP contribution < -0.4 is 10.6 Å². The van der Waals surface area contributed by atoms with Gasteiger partial charge in [-0.05, 0) is 39.5 Å². The van der Waals surface area contributed by atoms with Crippen molar-refractivity contribution in [3.63, 3.8) is 0 Å². The highest BCUT2D eigenvalue weighted by Gasteiger charge is 2.33. The van der Waals surface area contributed by atoms with E-state index in [9.17, 15) is 4.79 Å². The number of methoxy groups -OCH3 is 1. The molecular formula is C19H35N3O4. The van der Waals surface area contributed by atoms with Gasteiger partial charge in [0.15, 0.2) is 5.96 Å². The Hall–Kier alpha value is -1.34. The molecule has 1 saturated carbocycles. The summed E-state index contributed by atoms with van der Waals surface area (Å²) >= 11 is 0. The molecule has 1 aliphatic carbocycles. The van der Waals surface area contributed by atoms with Crippen LogP contribution in [0.2, 0.25) is 0 Å². The van der Waals surface area contributed by atoms with Crippen LogP contribution in [0.3, 0.4) is 0 Å². The smallest absolute Gasteiger partial charge is 0.308 e. The third-order valence-electron chi connectivity index (χ3n) is 5.39. The lowest BCUT2D eigenvalue weighted by Crippen LogP contribution is -2.47. The summed E-state index contributed by atoms with van der Waals surface area (Å²) < 4.78 is 16.4. The second kappa shape index (κ2) is 10.7. The van der Waals surface area contributed by atoms with Crippen molar-refractivity contribution in [1.82, 2.24) is 10.6 Å². The molecule has 2 fully saturated rings. The van der Waals surface area contributed by atoms with Gasteiger partial charge in [-0.2, -0.15) is 0 Å². The summed E-state index contributed by atoms with van der Waals surface area (Å²) in [5.41, 5.74) is -0.220. The van der Waals surface area contributed by atoms with Crippen LogP contribution in [0.15, 0.2) is 4.99 Å². The lowest BCUT2D eigenvalue weighted by atomic mass is 9.86. The van der Waals surface area contributed by atoms with Crippen LogP contribution in [0, 0.1) is 5.92 Å². The predicted octanol–water partition coefficient (Wildman–Crippen LogP) is 1.86. The fraction of sp³-hybridized carbons (Fsp3) is 0.895.